The number of piperidine rings is 1. The molecule has 0 aliphatic carbocycles. The van der Waals surface area contributed by atoms with Crippen molar-refractivity contribution in [3.05, 3.63) is 30.1 Å². The lowest BCUT2D eigenvalue weighted by Gasteiger charge is -2.53. The summed E-state index contributed by atoms with van der Waals surface area (Å²) in [6, 6.07) is 5.06. The van der Waals surface area contributed by atoms with E-state index in [0.717, 1.165) is 24.8 Å². The molecule has 0 aromatic carbocycles. The summed E-state index contributed by atoms with van der Waals surface area (Å²) in [6.07, 6.45) is 4.51. The van der Waals surface area contributed by atoms with Crippen molar-refractivity contribution in [2.45, 2.75) is 75.9 Å². The lowest BCUT2D eigenvalue weighted by molar-refractivity contribution is -0.0175. The molecule has 2 bridgehead atoms. The van der Waals surface area contributed by atoms with E-state index >= 15 is 0 Å². The predicted molar refractivity (Wildman–Crippen MR) is 141 cm³/mol. The van der Waals surface area contributed by atoms with Gasteiger partial charge in [-0.15, -0.1) is 0 Å². The molecule has 2 aliphatic heterocycles. The van der Waals surface area contributed by atoms with Crippen LogP contribution in [0.5, 0.6) is 0 Å². The average Bonchev–Trinajstić information content (AvgIpc) is 3.31. The first kappa shape index (κ1) is 25.2. The van der Waals surface area contributed by atoms with E-state index in [0.29, 0.717) is 41.2 Å². The second kappa shape index (κ2) is 8.57. The Labute approximate surface area is 216 Å². The zero-order valence-corrected chi connectivity index (χ0v) is 22.5. The molecular weight excluding hydrogens is 494 g/mol. The van der Waals surface area contributed by atoms with Crippen molar-refractivity contribution in [1.29, 1.82) is 0 Å². The first-order chi connectivity index (χ1) is 17.3. The summed E-state index contributed by atoms with van der Waals surface area (Å²) in [5, 5.41) is 24.5. The highest BCUT2D eigenvalue weighted by atomic mass is 32.2. The van der Waals surface area contributed by atoms with Crippen LogP contribution in [0.4, 0.5) is 22.2 Å². The van der Waals surface area contributed by atoms with E-state index in [1.807, 2.05) is 13.0 Å². The van der Waals surface area contributed by atoms with Gasteiger partial charge in [-0.3, -0.25) is 15.0 Å². The number of anilines is 3. The van der Waals surface area contributed by atoms with Gasteiger partial charge in [0, 0.05) is 47.7 Å². The molecule has 3 atom stereocenters. The van der Waals surface area contributed by atoms with E-state index in [-0.39, 0.29) is 22.4 Å². The second-order valence-electron chi connectivity index (χ2n) is 11.3. The SMILES string of the molecule is Cc1cc(Nc2cc3ncc(S(C)(=O)=O)cc3c(N[C@H]3C[C@@H]4CC[C@](C(C)(C)C)(C3)N4C(=O)O)n2)n[nH]1. The molecule has 0 radical (unpaired) electrons. The van der Waals surface area contributed by atoms with Crippen LogP contribution < -0.4 is 10.6 Å². The highest BCUT2D eigenvalue weighted by Crippen LogP contribution is 2.53. The minimum Gasteiger partial charge on any atom is -0.465 e. The first-order valence-corrected chi connectivity index (χ1v) is 14.2. The minimum atomic E-state index is -3.47. The van der Waals surface area contributed by atoms with E-state index < -0.39 is 21.5 Å². The number of aromatic amines is 1. The van der Waals surface area contributed by atoms with Crippen LogP contribution in [-0.4, -0.2) is 68.6 Å². The maximum atomic E-state index is 12.3. The Bertz CT molecular complexity index is 1480. The first-order valence-electron chi connectivity index (χ1n) is 12.4. The van der Waals surface area contributed by atoms with Gasteiger partial charge in [-0.25, -0.2) is 18.2 Å². The molecular formula is C25H33N7O4S. The number of H-pyrrole nitrogens is 1. The van der Waals surface area contributed by atoms with Gasteiger partial charge in [-0.2, -0.15) is 5.10 Å². The van der Waals surface area contributed by atoms with Gasteiger partial charge in [0.2, 0.25) is 0 Å². The van der Waals surface area contributed by atoms with Crippen LogP contribution in [0.3, 0.4) is 0 Å². The molecule has 2 saturated heterocycles. The van der Waals surface area contributed by atoms with Crippen LogP contribution in [0.1, 0.15) is 52.1 Å². The molecule has 0 spiro atoms. The number of nitrogens with one attached hydrogen (secondary N) is 3. The van der Waals surface area contributed by atoms with Gasteiger partial charge < -0.3 is 15.7 Å². The number of pyridine rings is 2. The summed E-state index contributed by atoms with van der Waals surface area (Å²) < 4.78 is 24.5. The van der Waals surface area contributed by atoms with Gasteiger partial charge in [0.1, 0.15) is 11.6 Å². The third-order valence-corrected chi connectivity index (χ3v) is 8.93. The monoisotopic (exact) mass is 527 g/mol. The van der Waals surface area contributed by atoms with E-state index in [1.165, 1.54) is 6.20 Å². The number of nitrogens with zero attached hydrogens (tertiary/aromatic N) is 4. The summed E-state index contributed by atoms with van der Waals surface area (Å²) in [6.45, 7) is 8.19. The van der Waals surface area contributed by atoms with E-state index in [4.69, 9.17) is 4.98 Å². The maximum Gasteiger partial charge on any atom is 0.408 e. The number of hydrogen-bond acceptors (Lipinski definition) is 8. The fraction of sp³-hybridized carbons (Fsp3) is 0.520. The average molecular weight is 528 g/mol. The number of amides is 1. The third-order valence-electron chi connectivity index (χ3n) is 7.85. The normalized spacial score (nSPS) is 23.9. The number of fused-ring (bicyclic) bond motifs is 3. The van der Waals surface area contributed by atoms with Crippen molar-refractivity contribution in [2.75, 3.05) is 16.9 Å². The Morgan fingerprint density at radius 3 is 2.62 bits per heavy atom. The molecule has 198 valence electrons. The Hall–Kier alpha value is -3.41. The molecule has 12 heteroatoms. The Balaban J connectivity index is 1.56. The number of carboxylic acid groups (broad SMARTS) is 1. The van der Waals surface area contributed by atoms with Gasteiger partial charge in [0.25, 0.3) is 0 Å². The molecule has 5 rings (SSSR count). The number of aryl methyl sites for hydroxylation is 1. The fourth-order valence-corrected chi connectivity index (χ4v) is 6.60. The molecule has 11 nitrogen and oxygen atoms in total. The number of sulfone groups is 1. The predicted octanol–water partition coefficient (Wildman–Crippen LogP) is 4.31. The van der Waals surface area contributed by atoms with Crippen molar-refractivity contribution in [3.8, 4) is 0 Å². The van der Waals surface area contributed by atoms with Crippen LogP contribution >= 0.6 is 0 Å². The van der Waals surface area contributed by atoms with E-state index in [1.54, 1.807) is 17.0 Å². The number of carbonyl (C=O) groups is 1. The Morgan fingerprint density at radius 2 is 2.00 bits per heavy atom. The third kappa shape index (κ3) is 4.47. The molecule has 5 heterocycles. The zero-order chi connectivity index (χ0) is 26.8. The molecule has 4 N–H and O–H groups in total. The number of hydrogen-bond donors (Lipinski definition) is 4. The molecule has 37 heavy (non-hydrogen) atoms. The zero-order valence-electron chi connectivity index (χ0n) is 21.7. The van der Waals surface area contributed by atoms with Crippen molar-refractivity contribution in [1.82, 2.24) is 25.1 Å². The van der Waals surface area contributed by atoms with Crippen LogP contribution in [0, 0.1) is 12.3 Å². The topological polar surface area (TPSA) is 153 Å². The van der Waals surface area contributed by atoms with Crippen molar-refractivity contribution in [2.24, 2.45) is 5.41 Å². The van der Waals surface area contributed by atoms with Gasteiger partial charge >= 0.3 is 6.09 Å². The lowest BCUT2D eigenvalue weighted by Crippen LogP contribution is -2.63. The van der Waals surface area contributed by atoms with Crippen LogP contribution in [0.15, 0.2) is 29.3 Å². The highest BCUT2D eigenvalue weighted by molar-refractivity contribution is 7.90. The molecule has 0 saturated carbocycles. The largest absolute Gasteiger partial charge is 0.465 e. The standard InChI is InChI=1S/C25H33N7O4S/c1-14-8-21(31-30-14)28-20-11-19-18(10-17(13-26-19)37(5,35)36)22(29-20)27-15-9-16-6-7-25(12-15,24(2,3)4)32(16)23(33)34/h8,10-11,13,15-16H,6-7,9,12H2,1-5H3,(H,33,34)(H3,27,28,29,30,31)/t15-,16-,25+/m0/s1. The van der Waals surface area contributed by atoms with Crippen molar-refractivity contribution in [3.63, 3.8) is 0 Å². The van der Waals surface area contributed by atoms with Gasteiger partial charge in [-0.05, 0) is 44.1 Å². The molecule has 1 amide bonds. The van der Waals surface area contributed by atoms with Gasteiger partial charge in [0.15, 0.2) is 15.7 Å². The molecule has 2 aliphatic rings. The number of rotatable bonds is 5. The summed E-state index contributed by atoms with van der Waals surface area (Å²) in [5.41, 5.74) is 0.706. The Morgan fingerprint density at radius 1 is 1.24 bits per heavy atom. The summed E-state index contributed by atoms with van der Waals surface area (Å²) >= 11 is 0. The fourth-order valence-electron chi connectivity index (χ4n) is 6.03. The maximum absolute atomic E-state index is 12.3. The molecule has 3 aromatic rings. The van der Waals surface area contributed by atoms with Gasteiger partial charge in [-0.1, -0.05) is 20.8 Å². The lowest BCUT2D eigenvalue weighted by atomic mass is 9.67. The molecule has 3 aromatic heterocycles. The summed E-state index contributed by atoms with van der Waals surface area (Å²) in [5.74, 6) is 1.61. The molecule has 0 unspecified atom stereocenters. The van der Waals surface area contributed by atoms with Crippen molar-refractivity contribution < 1.29 is 18.3 Å². The summed E-state index contributed by atoms with van der Waals surface area (Å²) in [4.78, 5) is 23.3. The smallest absolute Gasteiger partial charge is 0.408 e. The van der Waals surface area contributed by atoms with E-state index in [9.17, 15) is 18.3 Å². The quantitative estimate of drug-likeness (QED) is 0.380. The number of aromatic nitrogens is 4. The van der Waals surface area contributed by atoms with Crippen LogP contribution in [-0.2, 0) is 9.84 Å². The second-order valence-corrected chi connectivity index (χ2v) is 13.4. The molecule has 2 fully saturated rings. The van der Waals surface area contributed by atoms with Gasteiger partial charge in [0.05, 0.1) is 16.0 Å². The van der Waals surface area contributed by atoms with E-state index in [2.05, 4.69) is 46.6 Å². The van der Waals surface area contributed by atoms with Crippen LogP contribution in [0.25, 0.3) is 10.9 Å². The van der Waals surface area contributed by atoms with Crippen LogP contribution in [0.2, 0.25) is 0 Å². The minimum absolute atomic E-state index is 0.0530. The Kier molecular flexibility index (Phi) is 5.85. The van der Waals surface area contributed by atoms with Crippen molar-refractivity contribution >= 4 is 44.3 Å². The highest BCUT2D eigenvalue weighted by Gasteiger charge is 2.59. The summed E-state index contributed by atoms with van der Waals surface area (Å²) in [7, 11) is -3.47.